The van der Waals surface area contributed by atoms with Crippen molar-refractivity contribution in [2.24, 2.45) is 5.73 Å². The largest absolute Gasteiger partial charge is 0.323 e. The molecule has 21 heavy (non-hydrogen) atoms. The van der Waals surface area contributed by atoms with Gasteiger partial charge in [0.25, 0.3) is 0 Å². The lowest BCUT2D eigenvalue weighted by Crippen LogP contribution is -2.15. The Morgan fingerprint density at radius 1 is 1.33 bits per heavy atom. The van der Waals surface area contributed by atoms with Crippen LogP contribution in [0.15, 0.2) is 30.3 Å². The van der Waals surface area contributed by atoms with Gasteiger partial charge in [0.2, 0.25) is 0 Å². The molecule has 3 rings (SSSR count). The Kier molecular flexibility index (Phi) is 3.78. The molecule has 0 saturated heterocycles. The Morgan fingerprint density at radius 2 is 2.14 bits per heavy atom. The van der Waals surface area contributed by atoms with Crippen LogP contribution >= 0.6 is 11.3 Å². The van der Waals surface area contributed by atoms with E-state index in [2.05, 4.69) is 18.1 Å². The zero-order valence-electron chi connectivity index (χ0n) is 12.1. The van der Waals surface area contributed by atoms with Gasteiger partial charge in [-0.05, 0) is 49.6 Å². The monoisotopic (exact) mass is 303 g/mol. The third-order valence-electron chi connectivity index (χ3n) is 3.58. The number of aromatic nitrogens is 2. The molecule has 0 aliphatic carbocycles. The SMILES string of the molecule is CCn1nc(C)cc1CC(N)c1cc2cc(F)ccc2s1. The summed E-state index contributed by atoms with van der Waals surface area (Å²) in [5, 5.41) is 5.37. The molecule has 0 aliphatic heterocycles. The maximum atomic E-state index is 13.3. The summed E-state index contributed by atoms with van der Waals surface area (Å²) >= 11 is 1.63. The van der Waals surface area contributed by atoms with Gasteiger partial charge in [-0.15, -0.1) is 11.3 Å². The highest BCUT2D eigenvalue weighted by molar-refractivity contribution is 7.19. The van der Waals surface area contributed by atoms with Crippen molar-refractivity contribution in [3.63, 3.8) is 0 Å². The van der Waals surface area contributed by atoms with Crippen molar-refractivity contribution < 1.29 is 4.39 Å². The standard InChI is InChI=1S/C16H18FN3S/c1-3-20-13(6-10(2)19-20)9-14(18)16-8-11-7-12(17)4-5-15(11)21-16/h4-8,14H,3,9,18H2,1-2H3. The number of thiophene rings is 1. The van der Waals surface area contributed by atoms with Crippen LogP contribution in [0.2, 0.25) is 0 Å². The van der Waals surface area contributed by atoms with Crippen molar-refractivity contribution in [3.8, 4) is 0 Å². The van der Waals surface area contributed by atoms with E-state index in [4.69, 9.17) is 5.73 Å². The molecule has 1 aromatic carbocycles. The lowest BCUT2D eigenvalue weighted by atomic mass is 10.1. The molecular formula is C16H18FN3S. The highest BCUT2D eigenvalue weighted by Gasteiger charge is 2.14. The van der Waals surface area contributed by atoms with Crippen molar-refractivity contribution >= 4 is 21.4 Å². The van der Waals surface area contributed by atoms with E-state index in [0.29, 0.717) is 0 Å². The minimum atomic E-state index is -0.208. The molecule has 0 aliphatic rings. The number of halogens is 1. The number of hydrogen-bond donors (Lipinski definition) is 1. The quantitative estimate of drug-likeness (QED) is 0.796. The van der Waals surface area contributed by atoms with Crippen LogP contribution < -0.4 is 5.73 Å². The van der Waals surface area contributed by atoms with Gasteiger partial charge < -0.3 is 5.73 Å². The first-order valence-corrected chi connectivity index (χ1v) is 7.86. The van der Waals surface area contributed by atoms with Gasteiger partial charge in [0.05, 0.1) is 5.69 Å². The van der Waals surface area contributed by atoms with E-state index in [9.17, 15) is 4.39 Å². The molecule has 3 aromatic rings. The van der Waals surface area contributed by atoms with Gasteiger partial charge in [-0.1, -0.05) is 0 Å². The lowest BCUT2D eigenvalue weighted by Gasteiger charge is -2.10. The average Bonchev–Trinajstić information content (AvgIpc) is 3.01. The van der Waals surface area contributed by atoms with Gasteiger partial charge in [0.15, 0.2) is 0 Å². The summed E-state index contributed by atoms with van der Waals surface area (Å²) in [7, 11) is 0. The maximum Gasteiger partial charge on any atom is 0.123 e. The molecule has 110 valence electrons. The molecule has 0 radical (unpaired) electrons. The van der Waals surface area contributed by atoms with E-state index in [1.54, 1.807) is 17.4 Å². The smallest absolute Gasteiger partial charge is 0.123 e. The predicted octanol–water partition coefficient (Wildman–Crippen LogP) is 3.81. The van der Waals surface area contributed by atoms with E-state index in [-0.39, 0.29) is 11.9 Å². The van der Waals surface area contributed by atoms with Gasteiger partial charge in [-0.3, -0.25) is 4.68 Å². The van der Waals surface area contributed by atoms with Crippen LogP contribution in [0.1, 0.15) is 29.2 Å². The minimum Gasteiger partial charge on any atom is -0.323 e. The molecular weight excluding hydrogens is 285 g/mol. The van der Waals surface area contributed by atoms with Gasteiger partial charge in [0.1, 0.15) is 5.82 Å². The number of rotatable bonds is 4. The number of fused-ring (bicyclic) bond motifs is 1. The summed E-state index contributed by atoms with van der Waals surface area (Å²) in [6, 6.07) is 8.84. The average molecular weight is 303 g/mol. The molecule has 5 heteroatoms. The summed E-state index contributed by atoms with van der Waals surface area (Å²) < 4.78 is 16.3. The summed E-state index contributed by atoms with van der Waals surface area (Å²) in [5.41, 5.74) is 8.49. The molecule has 3 nitrogen and oxygen atoms in total. The molecule has 2 N–H and O–H groups in total. The van der Waals surface area contributed by atoms with E-state index >= 15 is 0 Å². The summed E-state index contributed by atoms with van der Waals surface area (Å²) in [5.74, 6) is -0.208. The van der Waals surface area contributed by atoms with Crippen LogP contribution in [0.25, 0.3) is 10.1 Å². The molecule has 0 amide bonds. The molecule has 2 heterocycles. The topological polar surface area (TPSA) is 43.8 Å². The first-order valence-electron chi connectivity index (χ1n) is 7.04. The molecule has 1 unspecified atom stereocenters. The normalized spacial score (nSPS) is 13.0. The Labute approximate surface area is 127 Å². The van der Waals surface area contributed by atoms with Gasteiger partial charge in [0, 0.05) is 34.3 Å². The van der Waals surface area contributed by atoms with Crippen LogP contribution in [-0.4, -0.2) is 9.78 Å². The highest BCUT2D eigenvalue weighted by Crippen LogP contribution is 2.31. The molecule has 0 fully saturated rings. The molecule has 0 bridgehead atoms. The van der Waals surface area contributed by atoms with Gasteiger partial charge >= 0.3 is 0 Å². The van der Waals surface area contributed by atoms with E-state index in [1.807, 2.05) is 23.7 Å². The zero-order chi connectivity index (χ0) is 15.0. The van der Waals surface area contributed by atoms with Crippen molar-refractivity contribution in [2.75, 3.05) is 0 Å². The van der Waals surface area contributed by atoms with Crippen LogP contribution in [0.3, 0.4) is 0 Å². The Morgan fingerprint density at radius 3 is 2.90 bits per heavy atom. The first-order chi connectivity index (χ1) is 10.1. The van der Waals surface area contributed by atoms with Crippen molar-refractivity contribution in [3.05, 3.63) is 52.4 Å². The number of hydrogen-bond acceptors (Lipinski definition) is 3. The van der Waals surface area contributed by atoms with Gasteiger partial charge in [-0.25, -0.2) is 4.39 Å². The second kappa shape index (κ2) is 5.58. The Hall–Kier alpha value is -1.72. The fraction of sp³-hybridized carbons (Fsp3) is 0.312. The molecule has 2 aromatic heterocycles. The number of nitrogens with two attached hydrogens (primary N) is 1. The van der Waals surface area contributed by atoms with Crippen molar-refractivity contribution in [1.29, 1.82) is 0 Å². The molecule has 1 atom stereocenters. The predicted molar refractivity (Wildman–Crippen MR) is 85.1 cm³/mol. The summed E-state index contributed by atoms with van der Waals surface area (Å²) in [6.45, 7) is 4.90. The number of aryl methyl sites for hydroxylation is 2. The number of benzene rings is 1. The Balaban J connectivity index is 1.87. The van der Waals surface area contributed by atoms with Crippen LogP contribution in [0, 0.1) is 12.7 Å². The summed E-state index contributed by atoms with van der Waals surface area (Å²) in [6.07, 6.45) is 0.740. The molecule has 0 saturated carbocycles. The fourth-order valence-corrected chi connectivity index (χ4v) is 3.63. The van der Waals surface area contributed by atoms with E-state index in [1.165, 1.54) is 6.07 Å². The second-order valence-electron chi connectivity index (χ2n) is 5.23. The van der Waals surface area contributed by atoms with Crippen LogP contribution in [0.4, 0.5) is 4.39 Å². The van der Waals surface area contributed by atoms with Crippen molar-refractivity contribution in [1.82, 2.24) is 9.78 Å². The maximum absolute atomic E-state index is 13.3. The molecule has 0 spiro atoms. The fourth-order valence-electron chi connectivity index (χ4n) is 2.58. The van der Waals surface area contributed by atoms with Crippen LogP contribution in [0.5, 0.6) is 0 Å². The lowest BCUT2D eigenvalue weighted by molar-refractivity contribution is 0.590. The van der Waals surface area contributed by atoms with E-state index < -0.39 is 0 Å². The van der Waals surface area contributed by atoms with Gasteiger partial charge in [-0.2, -0.15) is 5.10 Å². The summed E-state index contributed by atoms with van der Waals surface area (Å²) in [4.78, 5) is 1.08. The van der Waals surface area contributed by atoms with Crippen LogP contribution in [-0.2, 0) is 13.0 Å². The third kappa shape index (κ3) is 2.84. The minimum absolute atomic E-state index is 0.0909. The highest BCUT2D eigenvalue weighted by atomic mass is 32.1. The first kappa shape index (κ1) is 14.2. The van der Waals surface area contributed by atoms with E-state index in [0.717, 1.165) is 39.3 Å². The second-order valence-corrected chi connectivity index (χ2v) is 6.35. The Bertz CT molecular complexity index is 775. The number of nitrogens with zero attached hydrogens (tertiary/aromatic N) is 2. The van der Waals surface area contributed by atoms with Crippen molar-refractivity contribution in [2.45, 2.75) is 32.9 Å². The zero-order valence-corrected chi connectivity index (χ0v) is 13.0. The third-order valence-corrected chi connectivity index (χ3v) is 4.82.